The maximum absolute atomic E-state index is 5.01. The Balaban J connectivity index is 2.17. The molecule has 3 nitrogen and oxygen atoms in total. The Kier molecular flexibility index (Phi) is 3.01. The Bertz CT molecular complexity index is 473. The summed E-state index contributed by atoms with van der Waals surface area (Å²) < 4.78 is 2.64. The highest BCUT2D eigenvalue weighted by molar-refractivity contribution is 5.26. The van der Waals surface area contributed by atoms with E-state index in [1.807, 2.05) is 0 Å². The molecule has 0 amide bonds. The van der Waals surface area contributed by atoms with E-state index < -0.39 is 0 Å². The number of rotatable bonds is 1. The minimum atomic E-state index is 0.128. The molecular formula is C16H27N3. The highest BCUT2D eigenvalue weighted by Gasteiger charge is 2.38. The predicted molar refractivity (Wildman–Crippen MR) is 78.5 cm³/mol. The first kappa shape index (κ1) is 13.2. The van der Waals surface area contributed by atoms with E-state index in [0.29, 0.717) is 5.54 Å². The number of hydrogen-bond donors (Lipinski definition) is 1. The molecule has 0 bridgehead atoms. The zero-order valence-electron chi connectivity index (χ0n) is 12.8. The molecule has 106 valence electrons. The van der Waals surface area contributed by atoms with Crippen LogP contribution in [0.25, 0.3) is 0 Å². The lowest BCUT2D eigenvalue weighted by Crippen LogP contribution is -2.35. The van der Waals surface area contributed by atoms with Gasteiger partial charge in [-0.3, -0.25) is 0 Å². The number of imidazole rings is 1. The molecule has 0 aromatic carbocycles. The summed E-state index contributed by atoms with van der Waals surface area (Å²) in [4.78, 5) is 5.01. The van der Waals surface area contributed by atoms with Gasteiger partial charge in [0.05, 0.1) is 5.69 Å². The van der Waals surface area contributed by atoms with Crippen molar-refractivity contribution in [2.75, 3.05) is 6.54 Å². The molecular weight excluding hydrogens is 234 g/mol. The summed E-state index contributed by atoms with van der Waals surface area (Å²) in [5.41, 5.74) is 3.24. The van der Waals surface area contributed by atoms with E-state index in [4.69, 9.17) is 4.98 Å². The quantitative estimate of drug-likeness (QED) is 0.842. The Hall–Kier alpha value is -0.830. The van der Waals surface area contributed by atoms with Crippen molar-refractivity contribution in [2.45, 2.75) is 77.3 Å². The summed E-state index contributed by atoms with van der Waals surface area (Å²) in [6.45, 7) is 11.4. The molecule has 3 heteroatoms. The third kappa shape index (κ3) is 2.12. The van der Waals surface area contributed by atoms with Crippen molar-refractivity contribution in [2.24, 2.45) is 0 Å². The molecule has 2 aliphatic rings. The zero-order chi connectivity index (χ0) is 13.7. The molecule has 19 heavy (non-hydrogen) atoms. The molecule has 1 saturated carbocycles. The summed E-state index contributed by atoms with van der Waals surface area (Å²) >= 11 is 0. The summed E-state index contributed by atoms with van der Waals surface area (Å²) in [5.74, 6) is 1.30. The molecule has 1 N–H and O–H groups in total. The first-order valence-electron chi connectivity index (χ1n) is 7.74. The van der Waals surface area contributed by atoms with Gasteiger partial charge >= 0.3 is 0 Å². The molecule has 0 spiro atoms. The first-order valence-corrected chi connectivity index (χ1v) is 7.74. The Labute approximate surface area is 116 Å². The molecule has 0 atom stereocenters. The molecule has 1 fully saturated rings. The van der Waals surface area contributed by atoms with Crippen LogP contribution in [-0.4, -0.2) is 16.1 Å². The number of nitrogens with zero attached hydrogens (tertiary/aromatic N) is 2. The Morgan fingerprint density at radius 1 is 1.21 bits per heavy atom. The third-order valence-corrected chi connectivity index (χ3v) is 4.78. The summed E-state index contributed by atoms with van der Waals surface area (Å²) in [6.07, 6.45) is 6.49. The third-order valence-electron chi connectivity index (χ3n) is 4.78. The lowest BCUT2D eigenvalue weighted by Gasteiger charge is -2.34. The second kappa shape index (κ2) is 4.34. The topological polar surface area (TPSA) is 29.9 Å². The minimum absolute atomic E-state index is 0.128. The van der Waals surface area contributed by atoms with Gasteiger partial charge in [-0.2, -0.15) is 0 Å². The van der Waals surface area contributed by atoms with Crippen LogP contribution in [0.1, 0.15) is 70.6 Å². The number of fused-ring (bicyclic) bond motifs is 1. The van der Waals surface area contributed by atoms with Gasteiger partial charge in [-0.15, -0.1) is 0 Å². The van der Waals surface area contributed by atoms with Crippen molar-refractivity contribution in [3.8, 4) is 0 Å². The average molecular weight is 261 g/mol. The first-order chi connectivity index (χ1) is 8.92. The van der Waals surface area contributed by atoms with E-state index in [9.17, 15) is 0 Å². The summed E-state index contributed by atoms with van der Waals surface area (Å²) in [6, 6.07) is 0. The van der Waals surface area contributed by atoms with Crippen molar-refractivity contribution < 1.29 is 0 Å². The monoisotopic (exact) mass is 261 g/mol. The van der Waals surface area contributed by atoms with Crippen LogP contribution in [0.2, 0.25) is 0 Å². The standard InChI is InChI=1S/C16H27N3/c1-15(2,3)14-18-12-11-17-10-7-13(12)19(14)16(4)8-5-6-9-16/h17H,5-11H2,1-4H3. The predicted octanol–water partition coefficient (Wildman–Crippen LogP) is 3.12. The molecule has 1 aliphatic heterocycles. The molecule has 1 aliphatic carbocycles. The van der Waals surface area contributed by atoms with Gasteiger partial charge in [-0.1, -0.05) is 33.6 Å². The van der Waals surface area contributed by atoms with Gasteiger partial charge in [-0.25, -0.2) is 4.98 Å². The van der Waals surface area contributed by atoms with E-state index in [1.165, 1.54) is 42.9 Å². The van der Waals surface area contributed by atoms with E-state index >= 15 is 0 Å². The molecule has 3 rings (SSSR count). The van der Waals surface area contributed by atoms with E-state index in [1.54, 1.807) is 0 Å². The van der Waals surface area contributed by atoms with Crippen LogP contribution >= 0.6 is 0 Å². The summed E-state index contributed by atoms with van der Waals surface area (Å²) in [5, 5.41) is 3.46. The van der Waals surface area contributed by atoms with Crippen LogP contribution < -0.4 is 5.32 Å². The molecule has 1 aromatic heterocycles. The Morgan fingerprint density at radius 2 is 1.89 bits per heavy atom. The Morgan fingerprint density at radius 3 is 2.53 bits per heavy atom. The molecule has 1 aromatic rings. The number of hydrogen-bond acceptors (Lipinski definition) is 2. The smallest absolute Gasteiger partial charge is 0.115 e. The van der Waals surface area contributed by atoms with Crippen molar-refractivity contribution in [3.63, 3.8) is 0 Å². The van der Waals surface area contributed by atoms with Crippen LogP contribution in [0.5, 0.6) is 0 Å². The SMILES string of the molecule is CC(C)(C)c1nc2c(n1C1(C)CCCC1)CCNC2. The number of aromatic nitrogens is 2. The van der Waals surface area contributed by atoms with Gasteiger partial charge in [0.25, 0.3) is 0 Å². The minimum Gasteiger partial charge on any atom is -0.325 e. The van der Waals surface area contributed by atoms with Gasteiger partial charge in [0.15, 0.2) is 0 Å². The fraction of sp³-hybridized carbons (Fsp3) is 0.812. The highest BCUT2D eigenvalue weighted by Crippen LogP contribution is 2.41. The van der Waals surface area contributed by atoms with E-state index in [2.05, 4.69) is 37.6 Å². The fourth-order valence-corrected chi connectivity index (χ4v) is 3.76. The highest BCUT2D eigenvalue weighted by atomic mass is 15.2. The van der Waals surface area contributed by atoms with Crippen molar-refractivity contribution in [1.82, 2.24) is 14.9 Å². The largest absolute Gasteiger partial charge is 0.325 e. The maximum atomic E-state index is 5.01. The molecule has 0 radical (unpaired) electrons. The van der Waals surface area contributed by atoms with Crippen LogP contribution in [0, 0.1) is 0 Å². The fourth-order valence-electron chi connectivity index (χ4n) is 3.76. The second-order valence-electron chi connectivity index (χ2n) is 7.55. The van der Waals surface area contributed by atoms with Gasteiger partial charge in [0.1, 0.15) is 5.82 Å². The van der Waals surface area contributed by atoms with Crippen LogP contribution in [0.4, 0.5) is 0 Å². The lowest BCUT2D eigenvalue weighted by atomic mass is 9.92. The molecule has 2 heterocycles. The zero-order valence-corrected chi connectivity index (χ0v) is 12.8. The van der Waals surface area contributed by atoms with Crippen LogP contribution in [0.3, 0.4) is 0 Å². The second-order valence-corrected chi connectivity index (χ2v) is 7.55. The normalized spacial score (nSPS) is 22.5. The maximum Gasteiger partial charge on any atom is 0.115 e. The summed E-state index contributed by atoms with van der Waals surface area (Å²) in [7, 11) is 0. The average Bonchev–Trinajstić information content (AvgIpc) is 2.92. The molecule has 0 saturated heterocycles. The molecule has 0 unspecified atom stereocenters. The van der Waals surface area contributed by atoms with Crippen LogP contribution in [-0.2, 0) is 23.9 Å². The van der Waals surface area contributed by atoms with Crippen molar-refractivity contribution >= 4 is 0 Å². The number of nitrogens with one attached hydrogen (secondary N) is 1. The van der Waals surface area contributed by atoms with E-state index in [-0.39, 0.29) is 5.41 Å². The lowest BCUT2D eigenvalue weighted by molar-refractivity contribution is 0.291. The van der Waals surface area contributed by atoms with E-state index in [0.717, 1.165) is 19.5 Å². The van der Waals surface area contributed by atoms with Crippen LogP contribution in [0.15, 0.2) is 0 Å². The van der Waals surface area contributed by atoms with Gasteiger partial charge in [0, 0.05) is 36.2 Å². The van der Waals surface area contributed by atoms with Gasteiger partial charge < -0.3 is 9.88 Å². The van der Waals surface area contributed by atoms with Crippen molar-refractivity contribution in [3.05, 3.63) is 17.2 Å². The van der Waals surface area contributed by atoms with Gasteiger partial charge in [0.2, 0.25) is 0 Å². The van der Waals surface area contributed by atoms with Gasteiger partial charge in [-0.05, 0) is 19.8 Å². The van der Waals surface area contributed by atoms with Crippen molar-refractivity contribution in [1.29, 1.82) is 0 Å².